The standard InChI is InChI=1S/C33H34N8O4S/c1-22-9-8-12-25-27(20-34-30(22)25)31-26-15-16-40(46(44,45)21-23-10-6-5-7-11-23)32(26)37-33(36-31)35-24-13-14-28(29(19-24)41(42)43)39(4)18-17-38(2)3/h5-16,19-20,34H,17-18,21H2,1-4H3,(H,35,36,37). The molecule has 6 rings (SSSR count). The minimum absolute atomic E-state index is 0.0755. The van der Waals surface area contributed by atoms with Gasteiger partial charge in [0.25, 0.3) is 5.69 Å². The maximum absolute atomic E-state index is 13.7. The first-order valence-electron chi connectivity index (χ1n) is 14.7. The Morgan fingerprint density at radius 2 is 1.74 bits per heavy atom. The average Bonchev–Trinajstić information content (AvgIpc) is 3.66. The van der Waals surface area contributed by atoms with E-state index in [9.17, 15) is 18.5 Å². The second-order valence-electron chi connectivity index (χ2n) is 11.5. The number of rotatable bonds is 11. The number of nitrogens with one attached hydrogen (secondary N) is 2. The zero-order valence-electron chi connectivity index (χ0n) is 25.9. The number of aromatic nitrogens is 4. The summed E-state index contributed by atoms with van der Waals surface area (Å²) >= 11 is 0. The van der Waals surface area contributed by atoms with Crippen LogP contribution in [-0.4, -0.2) is 71.4 Å². The highest BCUT2D eigenvalue weighted by Crippen LogP contribution is 2.36. The normalized spacial score (nSPS) is 11.8. The molecule has 46 heavy (non-hydrogen) atoms. The lowest BCUT2D eigenvalue weighted by Crippen LogP contribution is -2.28. The van der Waals surface area contributed by atoms with Gasteiger partial charge in [-0.05, 0) is 50.3 Å². The Hall–Kier alpha value is -5.27. The molecule has 0 fully saturated rings. The molecular weight excluding hydrogens is 604 g/mol. The Morgan fingerprint density at radius 3 is 2.48 bits per heavy atom. The zero-order valence-corrected chi connectivity index (χ0v) is 26.7. The highest BCUT2D eigenvalue weighted by molar-refractivity contribution is 7.89. The van der Waals surface area contributed by atoms with Crippen LogP contribution < -0.4 is 10.2 Å². The predicted octanol–water partition coefficient (Wildman–Crippen LogP) is 5.92. The van der Waals surface area contributed by atoms with Gasteiger partial charge in [0.1, 0.15) is 5.69 Å². The van der Waals surface area contributed by atoms with Gasteiger partial charge >= 0.3 is 0 Å². The quantitative estimate of drug-likeness (QED) is 0.131. The first-order chi connectivity index (χ1) is 22.0. The largest absolute Gasteiger partial charge is 0.368 e. The highest BCUT2D eigenvalue weighted by atomic mass is 32.2. The van der Waals surface area contributed by atoms with Crippen molar-refractivity contribution >= 4 is 55.0 Å². The molecule has 3 aromatic carbocycles. The van der Waals surface area contributed by atoms with Gasteiger partial charge in [0.15, 0.2) is 5.65 Å². The number of nitro benzene ring substituents is 1. The summed E-state index contributed by atoms with van der Waals surface area (Å²) in [6.45, 7) is 3.33. The molecule has 0 aliphatic carbocycles. The SMILES string of the molecule is Cc1cccc2c(-c3nc(Nc4ccc(N(C)CCN(C)C)c([N+](=O)[O-])c4)nc4c3ccn4S(=O)(=O)Cc3ccccc3)c[nH]c12. The Morgan fingerprint density at radius 1 is 0.957 bits per heavy atom. The summed E-state index contributed by atoms with van der Waals surface area (Å²) < 4.78 is 28.6. The van der Waals surface area contributed by atoms with Crippen LogP contribution in [0.4, 0.5) is 23.0 Å². The van der Waals surface area contributed by atoms with E-state index in [1.165, 1.54) is 16.2 Å². The molecule has 3 aromatic heterocycles. The van der Waals surface area contributed by atoms with Crippen LogP contribution in [0.5, 0.6) is 0 Å². The second kappa shape index (κ2) is 12.3. The molecule has 0 radical (unpaired) electrons. The number of likely N-dealkylation sites (N-methyl/N-ethyl adjacent to an activating group) is 2. The number of hydrogen-bond acceptors (Lipinski definition) is 9. The fraction of sp³-hybridized carbons (Fsp3) is 0.212. The third-order valence-corrected chi connectivity index (χ3v) is 9.50. The van der Waals surface area contributed by atoms with E-state index in [2.05, 4.69) is 15.3 Å². The van der Waals surface area contributed by atoms with Crippen LogP contribution in [0.15, 0.2) is 85.2 Å². The Kier molecular flexibility index (Phi) is 8.19. The topological polar surface area (TPSA) is 142 Å². The Balaban J connectivity index is 1.47. The van der Waals surface area contributed by atoms with Gasteiger partial charge in [-0.1, -0.05) is 48.5 Å². The number of fused-ring (bicyclic) bond motifs is 2. The molecule has 0 aliphatic heterocycles. The molecule has 236 valence electrons. The van der Waals surface area contributed by atoms with Crippen molar-refractivity contribution in [3.63, 3.8) is 0 Å². The lowest BCUT2D eigenvalue weighted by Gasteiger charge is -2.21. The third kappa shape index (κ3) is 6.02. The Labute approximate surface area is 266 Å². The van der Waals surface area contributed by atoms with E-state index >= 15 is 0 Å². The molecule has 0 atom stereocenters. The molecule has 12 nitrogen and oxygen atoms in total. The van der Waals surface area contributed by atoms with Gasteiger partial charge in [0, 0.05) is 66.1 Å². The molecule has 0 saturated carbocycles. The van der Waals surface area contributed by atoms with Crippen molar-refractivity contribution in [2.75, 3.05) is 44.4 Å². The minimum atomic E-state index is -3.87. The second-order valence-corrected chi connectivity index (χ2v) is 13.3. The number of anilines is 3. The van der Waals surface area contributed by atoms with Gasteiger partial charge in [-0.25, -0.2) is 17.4 Å². The molecule has 0 saturated heterocycles. The van der Waals surface area contributed by atoms with E-state index in [-0.39, 0.29) is 23.0 Å². The fourth-order valence-electron chi connectivity index (χ4n) is 5.50. The van der Waals surface area contributed by atoms with E-state index < -0.39 is 14.9 Å². The number of nitro groups is 1. The summed E-state index contributed by atoms with van der Waals surface area (Å²) in [5.74, 6) is -0.122. The number of aryl methyl sites for hydroxylation is 1. The molecule has 0 bridgehead atoms. The summed E-state index contributed by atoms with van der Waals surface area (Å²) in [5, 5.41) is 16.7. The fourth-order valence-corrected chi connectivity index (χ4v) is 6.91. The summed E-state index contributed by atoms with van der Waals surface area (Å²) in [5.41, 5.74) is 4.92. The summed E-state index contributed by atoms with van der Waals surface area (Å²) in [6, 6.07) is 21.4. The van der Waals surface area contributed by atoms with Crippen LogP contribution >= 0.6 is 0 Å². The van der Waals surface area contributed by atoms with Crippen LogP contribution in [0.25, 0.3) is 33.2 Å². The van der Waals surface area contributed by atoms with Crippen LogP contribution in [0.2, 0.25) is 0 Å². The van der Waals surface area contributed by atoms with Crippen LogP contribution in [0.1, 0.15) is 11.1 Å². The molecule has 0 amide bonds. The van der Waals surface area contributed by atoms with Crippen LogP contribution in [0, 0.1) is 17.0 Å². The molecule has 0 aliphatic rings. The van der Waals surface area contributed by atoms with Gasteiger partial charge in [-0.3, -0.25) is 10.1 Å². The summed E-state index contributed by atoms with van der Waals surface area (Å²) in [4.78, 5) is 28.4. The van der Waals surface area contributed by atoms with Crippen molar-refractivity contribution in [3.8, 4) is 11.3 Å². The average molecular weight is 639 g/mol. The first-order valence-corrected chi connectivity index (χ1v) is 16.3. The Bertz CT molecular complexity index is 2170. The van der Waals surface area contributed by atoms with Crippen molar-refractivity contribution < 1.29 is 13.3 Å². The number of hydrogen-bond donors (Lipinski definition) is 2. The number of nitrogens with zero attached hydrogens (tertiary/aromatic N) is 6. The van der Waals surface area contributed by atoms with Crippen molar-refractivity contribution in [1.82, 2.24) is 23.8 Å². The van der Waals surface area contributed by atoms with Crippen molar-refractivity contribution in [2.24, 2.45) is 0 Å². The summed E-state index contributed by atoms with van der Waals surface area (Å²) in [7, 11) is 1.83. The molecule has 0 spiro atoms. The lowest BCUT2D eigenvalue weighted by molar-refractivity contribution is -0.384. The molecule has 6 aromatic rings. The maximum Gasteiger partial charge on any atom is 0.294 e. The van der Waals surface area contributed by atoms with E-state index in [0.29, 0.717) is 34.6 Å². The first kappa shape index (κ1) is 30.7. The van der Waals surface area contributed by atoms with Crippen LogP contribution in [0.3, 0.4) is 0 Å². The van der Waals surface area contributed by atoms with E-state index in [1.54, 1.807) is 42.5 Å². The van der Waals surface area contributed by atoms with Gasteiger partial charge in [-0.15, -0.1) is 0 Å². The smallest absolute Gasteiger partial charge is 0.294 e. The zero-order chi connectivity index (χ0) is 32.6. The van der Waals surface area contributed by atoms with E-state index in [1.807, 2.05) is 68.3 Å². The monoisotopic (exact) mass is 638 g/mol. The number of benzene rings is 3. The van der Waals surface area contributed by atoms with Gasteiger partial charge in [0.05, 0.1) is 16.4 Å². The van der Waals surface area contributed by atoms with E-state index in [0.717, 1.165) is 28.6 Å². The molecule has 13 heteroatoms. The van der Waals surface area contributed by atoms with E-state index in [4.69, 9.17) is 4.98 Å². The molecule has 2 N–H and O–H groups in total. The lowest BCUT2D eigenvalue weighted by atomic mass is 10.1. The summed E-state index contributed by atoms with van der Waals surface area (Å²) in [6.07, 6.45) is 3.34. The van der Waals surface area contributed by atoms with Crippen molar-refractivity contribution in [2.45, 2.75) is 12.7 Å². The minimum Gasteiger partial charge on any atom is -0.368 e. The molecule has 0 unspecified atom stereocenters. The number of aromatic amines is 1. The van der Waals surface area contributed by atoms with Gasteiger partial charge in [-0.2, -0.15) is 4.98 Å². The highest BCUT2D eigenvalue weighted by Gasteiger charge is 2.24. The van der Waals surface area contributed by atoms with Crippen molar-refractivity contribution in [3.05, 3.63) is 106 Å². The van der Waals surface area contributed by atoms with Crippen molar-refractivity contribution in [1.29, 1.82) is 0 Å². The number of H-pyrrole nitrogens is 1. The number of para-hydroxylation sites is 1. The van der Waals surface area contributed by atoms with Crippen LogP contribution in [-0.2, 0) is 15.8 Å². The molecule has 3 heterocycles. The predicted molar refractivity (Wildman–Crippen MR) is 182 cm³/mol. The molecular formula is C33H34N8O4S. The third-order valence-electron chi connectivity index (χ3n) is 7.90. The van der Waals surface area contributed by atoms with Gasteiger partial charge in [0.2, 0.25) is 16.0 Å². The maximum atomic E-state index is 13.7. The van der Waals surface area contributed by atoms with Gasteiger partial charge < -0.3 is 20.1 Å².